The zero-order valence-corrected chi connectivity index (χ0v) is 22.1. The van der Waals surface area contributed by atoms with Gasteiger partial charge in [-0.1, -0.05) is 59.0 Å². The summed E-state index contributed by atoms with van der Waals surface area (Å²) in [5, 5.41) is 0. The molecule has 0 fully saturated rings. The lowest BCUT2D eigenvalue weighted by molar-refractivity contribution is -0.474. The third kappa shape index (κ3) is 5.85. The first-order valence-corrected chi connectivity index (χ1v) is 12.1. The number of allylic oxidation sites excluding steroid dienone is 2. The van der Waals surface area contributed by atoms with Crippen LogP contribution in [0.1, 0.15) is 18.4 Å². The van der Waals surface area contributed by atoms with Crippen LogP contribution >= 0.6 is 22.6 Å². The second-order valence-corrected chi connectivity index (χ2v) is 9.63. The monoisotopic (exact) mass is 790 g/mol. The van der Waals surface area contributed by atoms with Gasteiger partial charge in [-0.05, 0) is 17.6 Å². The number of rotatable bonds is 13. The Morgan fingerprint density at radius 3 is 1.14 bits per heavy atom. The van der Waals surface area contributed by atoms with Crippen molar-refractivity contribution in [1.82, 2.24) is 0 Å². The normalized spacial score (nSPS) is 16.1. The van der Waals surface area contributed by atoms with E-state index in [0.717, 1.165) is 24.3 Å². The highest BCUT2D eigenvalue weighted by molar-refractivity contribution is 14.1. The SMILES string of the molecule is FC(F)(F)C(F)(F)C(F)(F)C(F)(F)C(F)(F)C(F)(F)C(F)(F)C(F)(F)C(F)(F)C(F)(F)C/C(=C\CCI)c1ccccc1. The van der Waals surface area contributed by atoms with Crippen molar-refractivity contribution in [2.75, 3.05) is 4.43 Å². The van der Waals surface area contributed by atoms with Crippen molar-refractivity contribution >= 4 is 28.2 Å². The van der Waals surface area contributed by atoms with Crippen molar-refractivity contribution in [3.63, 3.8) is 0 Å². The summed E-state index contributed by atoms with van der Waals surface area (Å²) in [4.78, 5) is 0. The molecule has 1 aromatic carbocycles. The Hall–Kier alpha value is -1.78. The zero-order valence-electron chi connectivity index (χ0n) is 19.9. The largest absolute Gasteiger partial charge is 0.460 e. The molecule has 0 unspecified atom stereocenters. The molecule has 0 bridgehead atoms. The first kappa shape index (κ1) is 39.2. The van der Waals surface area contributed by atoms with E-state index < -0.39 is 77.0 Å². The summed E-state index contributed by atoms with van der Waals surface area (Å²) in [6.45, 7) is 0. The quantitative estimate of drug-likeness (QED) is 0.106. The minimum Gasteiger partial charge on any atom is -0.199 e. The standard InChI is InChI=1S/C21H12F21I/c22-12(23,9-11(7-4-8-43)10-5-2-1-3-6-10)13(24,25)14(26,27)15(28,29)16(30,31)17(32,33)18(34,35)19(36,37)20(38,39)21(40,41)42/h1-3,5-7H,4,8-9H2/b11-7+. The van der Waals surface area contributed by atoms with Crippen molar-refractivity contribution < 1.29 is 92.2 Å². The highest BCUT2D eigenvalue weighted by Gasteiger charge is 2.97. The lowest BCUT2D eigenvalue weighted by Crippen LogP contribution is -2.76. The number of halogens is 22. The molecule has 1 rings (SSSR count). The van der Waals surface area contributed by atoms with E-state index in [1.165, 1.54) is 6.07 Å². The molecule has 0 heterocycles. The molecule has 22 heteroatoms. The molecule has 0 aliphatic rings. The molecular formula is C21H12F21I. The Kier molecular flexibility index (Phi) is 10.5. The van der Waals surface area contributed by atoms with Gasteiger partial charge in [-0.2, -0.15) is 92.2 Å². The maximum atomic E-state index is 14.5. The highest BCUT2D eigenvalue weighted by atomic mass is 127. The number of hydrogen-bond donors (Lipinski definition) is 0. The highest BCUT2D eigenvalue weighted by Crippen LogP contribution is 2.66. The average molecular weight is 790 g/mol. The van der Waals surface area contributed by atoms with E-state index in [1.807, 2.05) is 0 Å². The van der Waals surface area contributed by atoms with Crippen LogP contribution in [0.5, 0.6) is 0 Å². The Morgan fingerprint density at radius 2 is 0.814 bits per heavy atom. The van der Waals surface area contributed by atoms with E-state index in [0.29, 0.717) is 6.08 Å². The second-order valence-electron chi connectivity index (χ2n) is 8.55. The summed E-state index contributed by atoms with van der Waals surface area (Å²) >= 11 is 1.58. The van der Waals surface area contributed by atoms with Crippen molar-refractivity contribution in [1.29, 1.82) is 0 Å². The number of hydrogen-bond acceptors (Lipinski definition) is 0. The van der Waals surface area contributed by atoms with Crippen LogP contribution in [0.25, 0.3) is 5.57 Å². The Balaban J connectivity index is 3.77. The van der Waals surface area contributed by atoms with Crippen LogP contribution in [0.15, 0.2) is 36.4 Å². The minimum atomic E-state index is -9.17. The fraction of sp³-hybridized carbons (Fsp3) is 0.619. The molecule has 0 amide bonds. The summed E-state index contributed by atoms with van der Waals surface area (Å²) in [6.07, 6.45) is -10.4. The molecule has 0 aromatic heterocycles. The van der Waals surface area contributed by atoms with Crippen molar-refractivity contribution in [2.45, 2.75) is 72.3 Å². The fourth-order valence-corrected chi connectivity index (χ4v) is 3.43. The lowest BCUT2D eigenvalue weighted by atomic mass is 9.84. The molecule has 0 aliphatic heterocycles. The zero-order chi connectivity index (χ0) is 34.5. The maximum absolute atomic E-state index is 14.5. The molecule has 43 heavy (non-hydrogen) atoms. The Bertz CT molecular complexity index is 1130. The molecule has 0 aliphatic carbocycles. The van der Waals surface area contributed by atoms with Gasteiger partial charge >= 0.3 is 59.5 Å². The van der Waals surface area contributed by atoms with E-state index in [9.17, 15) is 92.2 Å². The van der Waals surface area contributed by atoms with Gasteiger partial charge in [0.2, 0.25) is 0 Å². The van der Waals surface area contributed by atoms with Crippen LogP contribution < -0.4 is 0 Å². The summed E-state index contributed by atoms with van der Waals surface area (Å²) in [5.41, 5.74) is -1.54. The smallest absolute Gasteiger partial charge is 0.199 e. The lowest BCUT2D eigenvalue weighted by Gasteiger charge is -2.44. The van der Waals surface area contributed by atoms with Crippen molar-refractivity contribution in [3.8, 4) is 0 Å². The predicted octanol–water partition coefficient (Wildman–Crippen LogP) is 10.6. The molecule has 0 saturated heterocycles. The van der Waals surface area contributed by atoms with E-state index in [4.69, 9.17) is 0 Å². The van der Waals surface area contributed by atoms with Gasteiger partial charge in [0.05, 0.1) is 0 Å². The van der Waals surface area contributed by atoms with Gasteiger partial charge in [0.15, 0.2) is 0 Å². The molecule has 250 valence electrons. The molecular weight excluding hydrogens is 778 g/mol. The summed E-state index contributed by atoms with van der Waals surface area (Å²) in [6, 6.07) is 5.04. The number of alkyl halides is 22. The van der Waals surface area contributed by atoms with Gasteiger partial charge in [-0.25, -0.2) is 0 Å². The molecule has 0 radical (unpaired) electrons. The molecule has 0 N–H and O–H groups in total. The predicted molar refractivity (Wildman–Crippen MR) is 113 cm³/mol. The third-order valence-corrected chi connectivity index (χ3v) is 6.26. The van der Waals surface area contributed by atoms with Gasteiger partial charge in [0.25, 0.3) is 0 Å². The maximum Gasteiger partial charge on any atom is 0.460 e. The second kappa shape index (κ2) is 11.5. The topological polar surface area (TPSA) is 0 Å². The van der Waals surface area contributed by atoms with Crippen LogP contribution in [0.3, 0.4) is 0 Å². The first-order chi connectivity index (χ1) is 18.8. The Labute approximate surface area is 239 Å². The van der Waals surface area contributed by atoms with E-state index in [-0.39, 0.29) is 10.8 Å². The van der Waals surface area contributed by atoms with Crippen LogP contribution in [-0.4, -0.2) is 63.9 Å². The van der Waals surface area contributed by atoms with Gasteiger partial charge in [0.1, 0.15) is 0 Å². The van der Waals surface area contributed by atoms with E-state index >= 15 is 0 Å². The number of benzene rings is 1. The average Bonchev–Trinajstić information content (AvgIpc) is 2.85. The summed E-state index contributed by atoms with van der Waals surface area (Å²) < 4.78 is 285. The third-order valence-electron chi connectivity index (χ3n) is 5.63. The summed E-state index contributed by atoms with van der Waals surface area (Å²) in [7, 11) is 0. The first-order valence-electron chi connectivity index (χ1n) is 10.6. The van der Waals surface area contributed by atoms with Gasteiger partial charge < -0.3 is 0 Å². The molecule has 0 spiro atoms. The van der Waals surface area contributed by atoms with Gasteiger partial charge in [0, 0.05) is 10.8 Å². The van der Waals surface area contributed by atoms with Crippen LogP contribution in [0, 0.1) is 0 Å². The van der Waals surface area contributed by atoms with Gasteiger partial charge in [-0.15, -0.1) is 0 Å². The Morgan fingerprint density at radius 1 is 0.488 bits per heavy atom. The van der Waals surface area contributed by atoms with Crippen molar-refractivity contribution in [3.05, 3.63) is 42.0 Å². The minimum absolute atomic E-state index is 0.0117. The molecule has 0 nitrogen and oxygen atoms in total. The molecule has 0 atom stereocenters. The van der Waals surface area contributed by atoms with Crippen LogP contribution in [-0.2, 0) is 0 Å². The summed E-state index contributed by atoms with van der Waals surface area (Å²) in [5.74, 6) is -76.9. The van der Waals surface area contributed by atoms with Gasteiger partial charge in [-0.3, -0.25) is 0 Å². The van der Waals surface area contributed by atoms with Crippen molar-refractivity contribution in [2.24, 2.45) is 0 Å². The van der Waals surface area contributed by atoms with E-state index in [2.05, 4.69) is 0 Å². The van der Waals surface area contributed by atoms with E-state index in [1.54, 1.807) is 22.6 Å². The van der Waals surface area contributed by atoms with Crippen LogP contribution in [0.4, 0.5) is 92.2 Å². The molecule has 1 aromatic rings. The molecule has 0 saturated carbocycles. The fourth-order valence-electron chi connectivity index (χ4n) is 3.11. The van der Waals surface area contributed by atoms with Crippen LogP contribution in [0.2, 0.25) is 0 Å².